The summed E-state index contributed by atoms with van der Waals surface area (Å²) in [5.41, 5.74) is 2.29. The van der Waals surface area contributed by atoms with Gasteiger partial charge in [-0.1, -0.05) is 24.3 Å². The molecule has 0 fully saturated rings. The number of nitrogens with zero attached hydrogens (tertiary/aromatic N) is 4. The summed E-state index contributed by atoms with van der Waals surface area (Å²) in [5.74, 6) is 0.0958. The molecule has 1 N–H and O–H groups in total. The smallest absolute Gasteiger partial charge is 0.282 e. The van der Waals surface area contributed by atoms with Crippen molar-refractivity contribution in [1.29, 1.82) is 0 Å². The van der Waals surface area contributed by atoms with E-state index in [4.69, 9.17) is 0 Å². The SMILES string of the molecule is CCn1cc(C(=O)Nc2cccc(C)n2)c2nn(-c3ccccc3)c(=O)c-2c1. The normalized spacial score (nSPS) is 10.9. The van der Waals surface area contributed by atoms with Crippen molar-refractivity contribution in [3.05, 3.63) is 82.5 Å². The van der Waals surface area contributed by atoms with Gasteiger partial charge in [0.25, 0.3) is 11.5 Å². The van der Waals surface area contributed by atoms with Gasteiger partial charge in [-0.2, -0.15) is 9.78 Å². The van der Waals surface area contributed by atoms with Crippen molar-refractivity contribution in [3.8, 4) is 16.9 Å². The first-order valence-corrected chi connectivity index (χ1v) is 9.00. The summed E-state index contributed by atoms with van der Waals surface area (Å²) in [4.78, 5) is 30.2. The Morgan fingerprint density at radius 1 is 1.07 bits per heavy atom. The van der Waals surface area contributed by atoms with Crippen molar-refractivity contribution >= 4 is 11.7 Å². The zero-order valence-corrected chi connectivity index (χ0v) is 15.6. The summed E-state index contributed by atoms with van der Waals surface area (Å²) in [5, 5.41) is 7.24. The predicted molar refractivity (Wildman–Crippen MR) is 107 cm³/mol. The lowest BCUT2D eigenvalue weighted by Crippen LogP contribution is -2.18. The Kier molecular flexibility index (Phi) is 4.49. The predicted octanol–water partition coefficient (Wildman–Crippen LogP) is 3.11. The second-order valence-corrected chi connectivity index (χ2v) is 6.44. The summed E-state index contributed by atoms with van der Waals surface area (Å²) in [6.45, 7) is 4.42. The van der Waals surface area contributed by atoms with E-state index in [1.807, 2.05) is 44.2 Å². The third-order valence-electron chi connectivity index (χ3n) is 4.46. The molecule has 1 amide bonds. The van der Waals surface area contributed by atoms with Crippen molar-refractivity contribution < 1.29 is 4.79 Å². The number of carbonyl (C=O) groups is 1. The van der Waals surface area contributed by atoms with Crippen LogP contribution in [-0.4, -0.2) is 25.2 Å². The molecular formula is C21H19N5O2. The molecule has 0 atom stereocenters. The first kappa shape index (κ1) is 17.7. The highest BCUT2D eigenvalue weighted by molar-refractivity contribution is 6.07. The number of fused-ring (bicyclic) bond motifs is 1. The van der Waals surface area contributed by atoms with Crippen molar-refractivity contribution in [2.45, 2.75) is 20.4 Å². The molecular weight excluding hydrogens is 354 g/mol. The van der Waals surface area contributed by atoms with Gasteiger partial charge in [0.05, 0.1) is 16.8 Å². The third-order valence-corrected chi connectivity index (χ3v) is 4.46. The Hall–Kier alpha value is -3.74. The number of aromatic nitrogens is 4. The van der Waals surface area contributed by atoms with Crippen LogP contribution in [0.5, 0.6) is 0 Å². The van der Waals surface area contributed by atoms with Gasteiger partial charge in [0.2, 0.25) is 0 Å². The van der Waals surface area contributed by atoms with Crippen LogP contribution in [-0.2, 0) is 6.54 Å². The van der Waals surface area contributed by atoms with Crippen LogP contribution in [0, 0.1) is 6.92 Å². The maximum atomic E-state index is 12.9. The number of hydrogen-bond donors (Lipinski definition) is 1. The van der Waals surface area contributed by atoms with E-state index in [9.17, 15) is 9.59 Å². The molecule has 2 aliphatic rings. The number of carbonyl (C=O) groups excluding carboxylic acids is 1. The van der Waals surface area contributed by atoms with E-state index >= 15 is 0 Å². The van der Waals surface area contributed by atoms with Gasteiger partial charge < -0.3 is 9.88 Å². The van der Waals surface area contributed by atoms with Gasteiger partial charge >= 0.3 is 0 Å². The maximum absolute atomic E-state index is 12.9. The van der Waals surface area contributed by atoms with E-state index in [1.54, 1.807) is 35.2 Å². The number of para-hydroxylation sites is 1. The number of nitrogens with one attached hydrogen (secondary N) is 1. The Bertz CT molecular complexity index is 1180. The molecule has 3 heterocycles. The number of amides is 1. The van der Waals surface area contributed by atoms with Gasteiger partial charge in [-0.3, -0.25) is 9.59 Å². The monoisotopic (exact) mass is 373 g/mol. The minimum Gasteiger partial charge on any atom is -0.353 e. The first-order valence-electron chi connectivity index (χ1n) is 9.00. The highest BCUT2D eigenvalue weighted by Crippen LogP contribution is 2.23. The second kappa shape index (κ2) is 7.11. The average molecular weight is 373 g/mol. The molecule has 2 aliphatic heterocycles. The maximum Gasteiger partial charge on any atom is 0.282 e. The fraction of sp³-hybridized carbons (Fsp3) is 0.143. The van der Waals surface area contributed by atoms with Crippen LogP contribution in [0.15, 0.2) is 65.7 Å². The molecule has 0 bridgehead atoms. The van der Waals surface area contributed by atoms with Gasteiger partial charge in [-0.05, 0) is 38.1 Å². The molecule has 7 heteroatoms. The fourth-order valence-electron chi connectivity index (χ4n) is 3.05. The van der Waals surface area contributed by atoms with Crippen molar-refractivity contribution in [3.63, 3.8) is 0 Å². The molecule has 0 unspecified atom stereocenters. The van der Waals surface area contributed by atoms with Gasteiger partial charge in [0, 0.05) is 24.6 Å². The summed E-state index contributed by atoms with van der Waals surface area (Å²) in [6, 6.07) is 14.6. The van der Waals surface area contributed by atoms with Crippen LogP contribution in [0.3, 0.4) is 0 Å². The molecule has 0 radical (unpaired) electrons. The highest BCUT2D eigenvalue weighted by atomic mass is 16.2. The van der Waals surface area contributed by atoms with E-state index in [2.05, 4.69) is 15.4 Å². The minimum absolute atomic E-state index is 0.258. The quantitative estimate of drug-likeness (QED) is 0.596. The zero-order valence-electron chi connectivity index (χ0n) is 15.6. The van der Waals surface area contributed by atoms with Crippen LogP contribution >= 0.6 is 0 Å². The average Bonchev–Trinajstić information content (AvgIpc) is 3.04. The van der Waals surface area contributed by atoms with E-state index in [0.29, 0.717) is 34.9 Å². The molecule has 28 heavy (non-hydrogen) atoms. The minimum atomic E-state index is -0.358. The van der Waals surface area contributed by atoms with Gasteiger partial charge in [0.1, 0.15) is 11.5 Å². The molecule has 4 rings (SSSR count). The summed E-state index contributed by atoms with van der Waals surface area (Å²) in [6.07, 6.45) is 3.43. The number of anilines is 1. The number of pyridine rings is 2. The summed E-state index contributed by atoms with van der Waals surface area (Å²) >= 11 is 0. The van der Waals surface area contributed by atoms with E-state index in [1.165, 1.54) is 4.68 Å². The summed E-state index contributed by atoms with van der Waals surface area (Å²) < 4.78 is 3.13. The number of aryl methyl sites for hydroxylation is 2. The lowest BCUT2D eigenvalue weighted by molar-refractivity contribution is 0.102. The van der Waals surface area contributed by atoms with Crippen LogP contribution < -0.4 is 10.9 Å². The second-order valence-electron chi connectivity index (χ2n) is 6.44. The number of hydrogen-bond acceptors (Lipinski definition) is 4. The van der Waals surface area contributed by atoms with E-state index in [-0.39, 0.29) is 11.5 Å². The molecule has 140 valence electrons. The van der Waals surface area contributed by atoms with Crippen molar-refractivity contribution in [2.75, 3.05) is 5.32 Å². The molecule has 1 aromatic heterocycles. The van der Waals surface area contributed by atoms with Crippen molar-refractivity contribution in [2.24, 2.45) is 0 Å². The van der Waals surface area contributed by atoms with Crippen molar-refractivity contribution in [1.82, 2.24) is 19.3 Å². The largest absolute Gasteiger partial charge is 0.353 e. The zero-order chi connectivity index (χ0) is 19.7. The van der Waals surface area contributed by atoms with Gasteiger partial charge in [0.15, 0.2) is 0 Å². The highest BCUT2D eigenvalue weighted by Gasteiger charge is 2.24. The number of rotatable bonds is 4. The molecule has 1 aromatic carbocycles. The molecule has 0 spiro atoms. The van der Waals surface area contributed by atoms with Crippen LogP contribution in [0.1, 0.15) is 23.0 Å². The van der Waals surface area contributed by atoms with Crippen LogP contribution in [0.25, 0.3) is 16.9 Å². The molecule has 7 nitrogen and oxygen atoms in total. The third kappa shape index (κ3) is 3.18. The lowest BCUT2D eigenvalue weighted by Gasteiger charge is -2.11. The lowest BCUT2D eigenvalue weighted by atomic mass is 10.1. The van der Waals surface area contributed by atoms with Gasteiger partial charge in [-0.25, -0.2) is 4.98 Å². The van der Waals surface area contributed by atoms with E-state index in [0.717, 1.165) is 5.69 Å². The fourth-order valence-corrected chi connectivity index (χ4v) is 3.05. The Morgan fingerprint density at radius 3 is 2.57 bits per heavy atom. The Balaban J connectivity index is 1.83. The Morgan fingerprint density at radius 2 is 1.86 bits per heavy atom. The van der Waals surface area contributed by atoms with Crippen LogP contribution in [0.4, 0.5) is 5.82 Å². The topological polar surface area (TPSA) is 81.8 Å². The van der Waals surface area contributed by atoms with Gasteiger partial charge in [-0.15, -0.1) is 0 Å². The molecule has 0 saturated heterocycles. The van der Waals surface area contributed by atoms with Crippen LogP contribution in [0.2, 0.25) is 0 Å². The molecule has 0 aliphatic carbocycles. The summed E-state index contributed by atoms with van der Waals surface area (Å²) in [7, 11) is 0. The molecule has 2 aromatic rings. The van der Waals surface area contributed by atoms with E-state index < -0.39 is 0 Å². The number of benzene rings is 1. The molecule has 0 saturated carbocycles. The standard InChI is InChI=1S/C21H19N5O2/c1-3-25-12-16(20(27)23-18-11-7-8-14(2)22-18)19-17(13-25)21(28)26(24-19)15-9-5-4-6-10-15/h4-13H,3H2,1-2H3,(H,22,23,27). The first-order chi connectivity index (χ1) is 13.6. The Labute approximate surface area is 161 Å².